The highest BCUT2D eigenvalue weighted by Crippen LogP contribution is 2.22. The molecular formula is C18H12Cl2N2O3. The van der Waals surface area contributed by atoms with E-state index >= 15 is 0 Å². The minimum absolute atomic E-state index is 0.169. The number of benzene rings is 2. The van der Waals surface area contributed by atoms with Crippen LogP contribution in [0.3, 0.4) is 0 Å². The molecule has 1 amide bonds. The smallest absolute Gasteiger partial charge is 0.339 e. The van der Waals surface area contributed by atoms with Gasteiger partial charge in [-0.3, -0.25) is 4.79 Å². The molecule has 0 spiro atoms. The van der Waals surface area contributed by atoms with Gasteiger partial charge < -0.3 is 10.1 Å². The predicted octanol–water partition coefficient (Wildman–Crippen LogP) is 4.33. The summed E-state index contributed by atoms with van der Waals surface area (Å²) in [5.41, 5.74) is 0.759. The van der Waals surface area contributed by atoms with Gasteiger partial charge in [-0.05, 0) is 42.0 Å². The standard InChI is InChI=1S/C18H12Cl2N2O3/c1-25-18(24)15-4-2-3-5-16(15)22-17(23)12(10-21)6-11-7-13(19)9-14(20)8-11/h2-9H,1H3,(H,22,23)/b12-6-. The summed E-state index contributed by atoms with van der Waals surface area (Å²) >= 11 is 11.8. The molecule has 25 heavy (non-hydrogen) atoms. The average Bonchev–Trinajstić information content (AvgIpc) is 2.58. The summed E-state index contributed by atoms with van der Waals surface area (Å²) < 4.78 is 4.67. The van der Waals surface area contributed by atoms with E-state index in [0.717, 1.165) is 0 Å². The summed E-state index contributed by atoms with van der Waals surface area (Å²) in [5.74, 6) is -1.27. The van der Waals surface area contributed by atoms with E-state index in [2.05, 4.69) is 10.1 Å². The lowest BCUT2D eigenvalue weighted by molar-refractivity contribution is -0.112. The predicted molar refractivity (Wildman–Crippen MR) is 96.5 cm³/mol. The number of nitrogens with zero attached hydrogens (tertiary/aromatic N) is 1. The van der Waals surface area contributed by atoms with Crippen LogP contribution in [0.5, 0.6) is 0 Å². The number of halogens is 2. The maximum atomic E-state index is 12.4. The van der Waals surface area contributed by atoms with Crippen molar-refractivity contribution in [3.05, 3.63) is 69.2 Å². The van der Waals surface area contributed by atoms with Crippen molar-refractivity contribution in [2.75, 3.05) is 12.4 Å². The summed E-state index contributed by atoms with van der Waals surface area (Å²) in [6.45, 7) is 0. The number of carbonyl (C=O) groups excluding carboxylic acids is 2. The van der Waals surface area contributed by atoms with Crippen molar-refractivity contribution in [3.8, 4) is 6.07 Å². The molecule has 5 nitrogen and oxygen atoms in total. The number of para-hydroxylation sites is 1. The summed E-state index contributed by atoms with van der Waals surface area (Å²) in [5, 5.41) is 12.6. The Kier molecular flexibility index (Phi) is 6.18. The van der Waals surface area contributed by atoms with E-state index in [1.54, 1.807) is 30.3 Å². The fraction of sp³-hybridized carbons (Fsp3) is 0.0556. The molecular weight excluding hydrogens is 363 g/mol. The Hall–Kier alpha value is -2.81. The van der Waals surface area contributed by atoms with E-state index in [-0.39, 0.29) is 16.8 Å². The third kappa shape index (κ3) is 4.83. The first-order valence-corrected chi connectivity index (χ1v) is 7.76. The molecule has 0 radical (unpaired) electrons. The minimum Gasteiger partial charge on any atom is -0.465 e. The van der Waals surface area contributed by atoms with E-state index in [0.29, 0.717) is 15.6 Å². The average molecular weight is 375 g/mol. The Balaban J connectivity index is 2.31. The molecule has 2 rings (SSSR count). The molecule has 0 saturated carbocycles. The van der Waals surface area contributed by atoms with Gasteiger partial charge in [0.1, 0.15) is 11.6 Å². The Labute approximate surface area is 154 Å². The van der Waals surface area contributed by atoms with Gasteiger partial charge >= 0.3 is 5.97 Å². The molecule has 0 saturated heterocycles. The van der Waals surface area contributed by atoms with Gasteiger partial charge in [-0.25, -0.2) is 4.79 Å². The van der Waals surface area contributed by atoms with Gasteiger partial charge in [0.15, 0.2) is 0 Å². The van der Waals surface area contributed by atoms with E-state index < -0.39 is 11.9 Å². The SMILES string of the molecule is COC(=O)c1ccccc1NC(=O)/C(C#N)=C\c1cc(Cl)cc(Cl)c1. The second kappa shape index (κ2) is 8.34. The van der Waals surface area contributed by atoms with Crippen molar-refractivity contribution in [1.82, 2.24) is 0 Å². The van der Waals surface area contributed by atoms with Gasteiger partial charge in [-0.15, -0.1) is 0 Å². The highest BCUT2D eigenvalue weighted by molar-refractivity contribution is 6.34. The molecule has 0 aliphatic carbocycles. The Bertz CT molecular complexity index is 881. The number of anilines is 1. The molecule has 0 fully saturated rings. The molecule has 0 aliphatic rings. The number of hydrogen-bond donors (Lipinski definition) is 1. The third-order valence-corrected chi connectivity index (χ3v) is 3.58. The number of esters is 1. The van der Waals surface area contributed by atoms with Crippen LogP contribution in [0.2, 0.25) is 10.0 Å². The molecule has 0 heterocycles. The molecule has 2 aromatic rings. The topological polar surface area (TPSA) is 79.2 Å². The zero-order chi connectivity index (χ0) is 18.4. The summed E-state index contributed by atoms with van der Waals surface area (Å²) in [7, 11) is 1.24. The van der Waals surface area contributed by atoms with Crippen LogP contribution in [0.15, 0.2) is 48.0 Å². The number of ether oxygens (including phenoxy) is 1. The lowest BCUT2D eigenvalue weighted by Crippen LogP contribution is -2.16. The number of nitriles is 1. The zero-order valence-corrected chi connectivity index (χ0v) is 14.6. The van der Waals surface area contributed by atoms with Crippen LogP contribution in [0.25, 0.3) is 6.08 Å². The normalized spacial score (nSPS) is 10.7. The molecule has 0 bridgehead atoms. The molecule has 0 atom stereocenters. The second-order valence-electron chi connectivity index (χ2n) is 4.86. The monoisotopic (exact) mass is 374 g/mol. The fourth-order valence-electron chi connectivity index (χ4n) is 2.04. The molecule has 7 heteroatoms. The molecule has 126 valence electrons. The molecule has 0 aliphatic heterocycles. The van der Waals surface area contributed by atoms with Crippen LogP contribution in [-0.2, 0) is 9.53 Å². The Morgan fingerprint density at radius 3 is 2.40 bits per heavy atom. The maximum Gasteiger partial charge on any atom is 0.339 e. The first-order valence-electron chi connectivity index (χ1n) is 7.01. The lowest BCUT2D eigenvalue weighted by Gasteiger charge is -2.09. The molecule has 1 N–H and O–H groups in total. The van der Waals surface area contributed by atoms with Crippen LogP contribution < -0.4 is 5.32 Å². The van der Waals surface area contributed by atoms with E-state index in [1.807, 2.05) is 6.07 Å². The van der Waals surface area contributed by atoms with Crippen molar-refractivity contribution in [2.24, 2.45) is 0 Å². The number of hydrogen-bond acceptors (Lipinski definition) is 4. The van der Waals surface area contributed by atoms with Crippen molar-refractivity contribution in [1.29, 1.82) is 5.26 Å². The first-order chi connectivity index (χ1) is 11.9. The van der Waals surface area contributed by atoms with Gasteiger partial charge in [-0.2, -0.15) is 5.26 Å². The fourth-order valence-corrected chi connectivity index (χ4v) is 2.59. The van der Waals surface area contributed by atoms with Crippen molar-refractivity contribution in [2.45, 2.75) is 0 Å². The van der Waals surface area contributed by atoms with Crippen molar-refractivity contribution < 1.29 is 14.3 Å². The number of rotatable bonds is 4. The summed E-state index contributed by atoms with van der Waals surface area (Å²) in [4.78, 5) is 24.1. The Morgan fingerprint density at radius 2 is 1.80 bits per heavy atom. The van der Waals surface area contributed by atoms with Gasteiger partial charge in [0, 0.05) is 10.0 Å². The van der Waals surface area contributed by atoms with Gasteiger partial charge in [-0.1, -0.05) is 35.3 Å². The highest BCUT2D eigenvalue weighted by Gasteiger charge is 2.16. The first kappa shape index (κ1) is 18.5. The largest absolute Gasteiger partial charge is 0.465 e. The molecule has 0 aromatic heterocycles. The van der Waals surface area contributed by atoms with Crippen LogP contribution >= 0.6 is 23.2 Å². The lowest BCUT2D eigenvalue weighted by atomic mass is 10.1. The number of nitrogens with one attached hydrogen (secondary N) is 1. The second-order valence-corrected chi connectivity index (χ2v) is 5.74. The third-order valence-electron chi connectivity index (χ3n) is 3.14. The Morgan fingerprint density at radius 1 is 1.16 bits per heavy atom. The summed E-state index contributed by atoms with van der Waals surface area (Å²) in [6.07, 6.45) is 1.36. The summed E-state index contributed by atoms with van der Waals surface area (Å²) in [6, 6.07) is 12.8. The zero-order valence-electron chi connectivity index (χ0n) is 13.0. The quantitative estimate of drug-likeness (QED) is 0.490. The van der Waals surface area contributed by atoms with Crippen molar-refractivity contribution in [3.63, 3.8) is 0 Å². The number of carbonyl (C=O) groups is 2. The maximum absolute atomic E-state index is 12.4. The highest BCUT2D eigenvalue weighted by atomic mass is 35.5. The van der Waals surface area contributed by atoms with Gasteiger partial charge in [0.05, 0.1) is 18.4 Å². The van der Waals surface area contributed by atoms with E-state index in [9.17, 15) is 14.9 Å². The minimum atomic E-state index is -0.671. The molecule has 0 unspecified atom stereocenters. The number of amides is 1. The van der Waals surface area contributed by atoms with Crippen molar-refractivity contribution >= 4 is 46.8 Å². The van der Waals surface area contributed by atoms with Crippen LogP contribution in [0.1, 0.15) is 15.9 Å². The van der Waals surface area contributed by atoms with Gasteiger partial charge in [0.2, 0.25) is 0 Å². The van der Waals surface area contributed by atoms with Crippen LogP contribution in [0.4, 0.5) is 5.69 Å². The van der Waals surface area contributed by atoms with E-state index in [1.165, 1.54) is 25.3 Å². The number of methoxy groups -OCH3 is 1. The van der Waals surface area contributed by atoms with Gasteiger partial charge in [0.25, 0.3) is 5.91 Å². The molecule has 2 aromatic carbocycles. The van der Waals surface area contributed by atoms with E-state index in [4.69, 9.17) is 23.2 Å². The van der Waals surface area contributed by atoms with Crippen LogP contribution in [0, 0.1) is 11.3 Å². The van der Waals surface area contributed by atoms with Crippen LogP contribution in [-0.4, -0.2) is 19.0 Å².